The summed E-state index contributed by atoms with van der Waals surface area (Å²) in [5.41, 5.74) is 5.86. The standard InChI is InChI=1S/C11H15ClN4O2/c12-11-14-5-8(10(17)18)9(16-11)15-7-3-1-6(13)2-4-7/h5-7H,1-4,13H2,(H,17,18)(H,14,15,16)/t6-,7+. The normalized spacial score (nSPS) is 23.7. The highest BCUT2D eigenvalue weighted by atomic mass is 35.5. The fourth-order valence-corrected chi connectivity index (χ4v) is 2.22. The summed E-state index contributed by atoms with van der Waals surface area (Å²) in [6.07, 6.45) is 4.88. The first-order valence-electron chi connectivity index (χ1n) is 5.84. The van der Waals surface area contributed by atoms with E-state index in [9.17, 15) is 4.79 Å². The van der Waals surface area contributed by atoms with Gasteiger partial charge in [0, 0.05) is 18.3 Å². The van der Waals surface area contributed by atoms with Crippen molar-refractivity contribution >= 4 is 23.4 Å². The van der Waals surface area contributed by atoms with Crippen molar-refractivity contribution in [3.05, 3.63) is 17.0 Å². The van der Waals surface area contributed by atoms with Crippen molar-refractivity contribution in [2.45, 2.75) is 37.8 Å². The molecule has 1 fully saturated rings. The second-order valence-corrected chi connectivity index (χ2v) is 4.80. The summed E-state index contributed by atoms with van der Waals surface area (Å²) in [6, 6.07) is 0.435. The molecule has 18 heavy (non-hydrogen) atoms. The predicted octanol–water partition coefficient (Wildman–Crippen LogP) is 1.51. The maximum atomic E-state index is 11.0. The zero-order valence-corrected chi connectivity index (χ0v) is 10.5. The van der Waals surface area contributed by atoms with E-state index in [4.69, 9.17) is 22.4 Å². The number of hydrogen-bond acceptors (Lipinski definition) is 5. The molecule has 0 unspecified atom stereocenters. The van der Waals surface area contributed by atoms with Crippen LogP contribution in [0.3, 0.4) is 0 Å². The average Bonchev–Trinajstić information content (AvgIpc) is 2.32. The highest BCUT2D eigenvalue weighted by molar-refractivity contribution is 6.28. The van der Waals surface area contributed by atoms with Gasteiger partial charge in [-0.3, -0.25) is 0 Å². The molecule has 1 aromatic rings. The smallest absolute Gasteiger partial charge is 0.341 e. The van der Waals surface area contributed by atoms with Gasteiger partial charge in [-0.25, -0.2) is 9.78 Å². The number of nitrogens with one attached hydrogen (secondary N) is 1. The van der Waals surface area contributed by atoms with Gasteiger partial charge in [0.1, 0.15) is 11.4 Å². The Bertz CT molecular complexity index is 447. The number of nitrogens with zero attached hydrogens (tertiary/aromatic N) is 2. The van der Waals surface area contributed by atoms with Crippen LogP contribution >= 0.6 is 11.6 Å². The third-order valence-electron chi connectivity index (χ3n) is 3.10. The second-order valence-electron chi connectivity index (χ2n) is 4.46. The van der Waals surface area contributed by atoms with Crippen LogP contribution in [0.2, 0.25) is 5.28 Å². The molecule has 4 N–H and O–H groups in total. The van der Waals surface area contributed by atoms with Crippen molar-refractivity contribution < 1.29 is 9.90 Å². The zero-order valence-electron chi connectivity index (χ0n) is 9.77. The fourth-order valence-electron chi connectivity index (χ4n) is 2.08. The number of carbonyl (C=O) groups is 1. The van der Waals surface area contributed by atoms with E-state index in [2.05, 4.69) is 15.3 Å². The minimum Gasteiger partial charge on any atom is -0.477 e. The molecule has 0 amide bonds. The molecule has 0 radical (unpaired) electrons. The Labute approximate surface area is 110 Å². The molecule has 98 valence electrons. The highest BCUT2D eigenvalue weighted by Crippen LogP contribution is 2.22. The van der Waals surface area contributed by atoms with Crippen molar-refractivity contribution in [2.75, 3.05) is 5.32 Å². The van der Waals surface area contributed by atoms with Gasteiger partial charge in [0.15, 0.2) is 0 Å². The van der Waals surface area contributed by atoms with Gasteiger partial charge in [0.05, 0.1) is 0 Å². The Hall–Kier alpha value is -1.40. The lowest BCUT2D eigenvalue weighted by Crippen LogP contribution is -2.33. The van der Waals surface area contributed by atoms with E-state index in [1.54, 1.807) is 0 Å². The molecule has 1 aromatic heterocycles. The summed E-state index contributed by atoms with van der Waals surface area (Å²) in [7, 11) is 0. The SMILES string of the molecule is N[C@H]1CC[C@@H](Nc2nc(Cl)ncc2C(=O)O)CC1. The lowest BCUT2D eigenvalue weighted by atomic mass is 9.92. The van der Waals surface area contributed by atoms with Gasteiger partial charge in [-0.2, -0.15) is 4.98 Å². The fraction of sp³-hybridized carbons (Fsp3) is 0.545. The second kappa shape index (κ2) is 5.49. The van der Waals surface area contributed by atoms with E-state index in [1.807, 2.05) is 0 Å². The van der Waals surface area contributed by atoms with Crippen LogP contribution in [0.4, 0.5) is 5.82 Å². The Morgan fingerprint density at radius 2 is 2.11 bits per heavy atom. The molecule has 1 heterocycles. The molecule has 0 aromatic carbocycles. The third kappa shape index (κ3) is 3.08. The minimum absolute atomic E-state index is 0.0364. The van der Waals surface area contributed by atoms with Gasteiger partial charge in [0.25, 0.3) is 0 Å². The minimum atomic E-state index is -1.07. The molecular formula is C11H15ClN4O2. The van der Waals surface area contributed by atoms with Crippen molar-refractivity contribution in [3.63, 3.8) is 0 Å². The molecule has 2 rings (SSSR count). The molecule has 6 nitrogen and oxygen atoms in total. The summed E-state index contributed by atoms with van der Waals surface area (Å²) < 4.78 is 0. The van der Waals surface area contributed by atoms with E-state index in [0.29, 0.717) is 0 Å². The van der Waals surface area contributed by atoms with Crippen LogP contribution in [-0.4, -0.2) is 33.1 Å². The number of nitrogens with two attached hydrogens (primary N) is 1. The lowest BCUT2D eigenvalue weighted by molar-refractivity contribution is 0.0697. The quantitative estimate of drug-likeness (QED) is 0.720. The number of rotatable bonds is 3. The first kappa shape index (κ1) is 13.0. The Morgan fingerprint density at radius 1 is 1.44 bits per heavy atom. The van der Waals surface area contributed by atoms with Gasteiger partial charge in [-0.1, -0.05) is 0 Å². The number of aromatic carboxylic acids is 1. The largest absolute Gasteiger partial charge is 0.477 e. The van der Waals surface area contributed by atoms with Crippen molar-refractivity contribution in [3.8, 4) is 0 Å². The molecule has 1 aliphatic carbocycles. The first-order valence-corrected chi connectivity index (χ1v) is 6.22. The van der Waals surface area contributed by atoms with Crippen molar-refractivity contribution in [1.29, 1.82) is 0 Å². The Balaban J connectivity index is 2.12. The van der Waals surface area contributed by atoms with Gasteiger partial charge in [-0.15, -0.1) is 0 Å². The van der Waals surface area contributed by atoms with E-state index >= 15 is 0 Å². The van der Waals surface area contributed by atoms with E-state index in [0.717, 1.165) is 25.7 Å². The van der Waals surface area contributed by atoms with Gasteiger partial charge < -0.3 is 16.2 Å². The zero-order chi connectivity index (χ0) is 13.1. The first-order chi connectivity index (χ1) is 8.56. The van der Waals surface area contributed by atoms with Crippen LogP contribution in [0, 0.1) is 0 Å². The summed E-state index contributed by atoms with van der Waals surface area (Å²) in [6.45, 7) is 0. The molecule has 1 saturated carbocycles. The van der Waals surface area contributed by atoms with Gasteiger partial charge in [0.2, 0.25) is 5.28 Å². The number of anilines is 1. The Morgan fingerprint density at radius 3 is 2.72 bits per heavy atom. The topological polar surface area (TPSA) is 101 Å². The molecule has 0 atom stereocenters. The average molecular weight is 271 g/mol. The van der Waals surface area contributed by atoms with Gasteiger partial charge >= 0.3 is 5.97 Å². The lowest BCUT2D eigenvalue weighted by Gasteiger charge is -2.27. The number of halogens is 1. The molecule has 0 aliphatic heterocycles. The number of aromatic nitrogens is 2. The van der Waals surface area contributed by atoms with E-state index in [1.165, 1.54) is 6.20 Å². The van der Waals surface area contributed by atoms with Crippen molar-refractivity contribution in [2.24, 2.45) is 5.73 Å². The maximum Gasteiger partial charge on any atom is 0.341 e. The molecular weight excluding hydrogens is 256 g/mol. The van der Waals surface area contributed by atoms with Crippen LogP contribution in [0.1, 0.15) is 36.0 Å². The molecule has 0 bridgehead atoms. The van der Waals surface area contributed by atoms with Crippen LogP contribution in [0.15, 0.2) is 6.20 Å². The predicted molar refractivity (Wildman–Crippen MR) is 67.9 cm³/mol. The Kier molecular flexibility index (Phi) is 3.98. The number of hydrogen-bond donors (Lipinski definition) is 3. The summed E-state index contributed by atoms with van der Waals surface area (Å²) in [5.74, 6) is -0.787. The molecule has 0 spiro atoms. The summed E-state index contributed by atoms with van der Waals surface area (Å²) in [4.78, 5) is 18.7. The summed E-state index contributed by atoms with van der Waals surface area (Å²) in [5, 5.41) is 12.2. The van der Waals surface area contributed by atoms with Crippen LogP contribution in [-0.2, 0) is 0 Å². The highest BCUT2D eigenvalue weighted by Gasteiger charge is 2.21. The summed E-state index contributed by atoms with van der Waals surface area (Å²) >= 11 is 5.69. The van der Waals surface area contributed by atoms with Crippen LogP contribution < -0.4 is 11.1 Å². The maximum absolute atomic E-state index is 11.0. The molecule has 7 heteroatoms. The monoisotopic (exact) mass is 270 g/mol. The third-order valence-corrected chi connectivity index (χ3v) is 3.28. The van der Waals surface area contributed by atoms with E-state index < -0.39 is 5.97 Å². The van der Waals surface area contributed by atoms with Gasteiger partial charge in [-0.05, 0) is 37.3 Å². The van der Waals surface area contributed by atoms with Crippen LogP contribution in [0.25, 0.3) is 0 Å². The number of carboxylic acids is 1. The van der Waals surface area contributed by atoms with E-state index in [-0.39, 0.29) is 28.7 Å². The number of carboxylic acid groups (broad SMARTS) is 1. The van der Waals surface area contributed by atoms with Crippen molar-refractivity contribution in [1.82, 2.24) is 9.97 Å². The molecule has 1 aliphatic rings. The van der Waals surface area contributed by atoms with Crippen LogP contribution in [0.5, 0.6) is 0 Å². The molecule has 0 saturated heterocycles.